The fourth-order valence-corrected chi connectivity index (χ4v) is 2.42. The molecule has 0 saturated heterocycles. The number of nitro groups is 1. The zero-order valence-corrected chi connectivity index (χ0v) is 13.0. The Morgan fingerprint density at radius 2 is 1.79 bits per heavy atom. The van der Waals surface area contributed by atoms with Gasteiger partial charge in [0.15, 0.2) is 10.6 Å². The Morgan fingerprint density at radius 1 is 1.17 bits per heavy atom. The molecule has 10 nitrogen and oxygen atoms in total. The van der Waals surface area contributed by atoms with Gasteiger partial charge in [-0.15, -0.1) is 5.11 Å². The Hall–Kier alpha value is -3.05. The Morgan fingerprint density at radius 3 is 2.29 bits per heavy atom. The van der Waals surface area contributed by atoms with E-state index in [9.17, 15) is 23.6 Å². The van der Waals surface area contributed by atoms with E-state index < -0.39 is 25.6 Å². The van der Waals surface area contributed by atoms with Crippen LogP contribution in [0.2, 0.25) is 0 Å². The highest BCUT2D eigenvalue weighted by molar-refractivity contribution is 7.86. The van der Waals surface area contributed by atoms with Gasteiger partial charge in [-0.25, -0.2) is 0 Å². The molecule has 11 heteroatoms. The monoisotopic (exact) mass is 353 g/mol. The third-order valence-electron chi connectivity index (χ3n) is 2.86. The van der Waals surface area contributed by atoms with Crippen molar-refractivity contribution in [3.63, 3.8) is 0 Å². The predicted octanol–water partition coefficient (Wildman–Crippen LogP) is 2.97. The number of methoxy groups -OCH3 is 1. The van der Waals surface area contributed by atoms with Gasteiger partial charge in [0.25, 0.3) is 5.69 Å². The van der Waals surface area contributed by atoms with Crippen LogP contribution in [0.3, 0.4) is 0 Å². The molecule has 0 bridgehead atoms. The molecule has 0 fully saturated rings. The summed E-state index contributed by atoms with van der Waals surface area (Å²) in [6.45, 7) is 0. The quantitative estimate of drug-likeness (QED) is 0.363. The molecule has 24 heavy (non-hydrogen) atoms. The van der Waals surface area contributed by atoms with Crippen molar-refractivity contribution in [2.24, 2.45) is 10.2 Å². The van der Waals surface area contributed by atoms with Crippen LogP contribution in [-0.4, -0.2) is 30.1 Å². The van der Waals surface area contributed by atoms with E-state index >= 15 is 0 Å². The summed E-state index contributed by atoms with van der Waals surface area (Å²) < 4.78 is 36.8. The molecular formula is C13H11N3O7S. The van der Waals surface area contributed by atoms with Crippen molar-refractivity contribution >= 4 is 27.2 Å². The van der Waals surface area contributed by atoms with Crippen molar-refractivity contribution in [2.45, 2.75) is 4.90 Å². The summed E-state index contributed by atoms with van der Waals surface area (Å²) in [7, 11) is -3.63. The fourth-order valence-electron chi connectivity index (χ4n) is 1.76. The van der Waals surface area contributed by atoms with Crippen molar-refractivity contribution in [1.29, 1.82) is 0 Å². The number of aromatic hydroxyl groups is 1. The standard InChI is InChI=1S/C13H11N3O7S/c1-23-12-7-11(16(18)19)13(24(20,21)22)6-10(12)15-14-8-2-4-9(17)5-3-8/h2-7,17H,1H3,(H,20,21,22). The number of rotatable bonds is 5. The molecule has 0 aliphatic heterocycles. The molecule has 0 radical (unpaired) electrons. The number of hydrogen-bond donors (Lipinski definition) is 2. The minimum atomic E-state index is -4.85. The number of ether oxygens (including phenoxy) is 1. The topological polar surface area (TPSA) is 152 Å². The molecule has 2 aromatic rings. The van der Waals surface area contributed by atoms with Crippen molar-refractivity contribution in [1.82, 2.24) is 0 Å². The summed E-state index contributed by atoms with van der Waals surface area (Å²) in [5.41, 5.74) is -0.650. The average Bonchev–Trinajstić information content (AvgIpc) is 2.52. The maximum Gasteiger partial charge on any atom is 0.301 e. The van der Waals surface area contributed by atoms with Crippen LogP contribution in [0.25, 0.3) is 0 Å². The summed E-state index contributed by atoms with van der Waals surface area (Å²) in [6, 6.07) is 7.24. The number of nitrogens with zero attached hydrogens (tertiary/aromatic N) is 3. The van der Waals surface area contributed by atoms with Crippen LogP contribution >= 0.6 is 0 Å². The Kier molecular flexibility index (Phi) is 4.76. The number of phenols is 1. The number of benzene rings is 2. The lowest BCUT2D eigenvalue weighted by molar-refractivity contribution is -0.387. The zero-order chi connectivity index (χ0) is 17.9. The van der Waals surface area contributed by atoms with E-state index in [2.05, 4.69) is 10.2 Å². The first-order valence-electron chi connectivity index (χ1n) is 6.27. The first-order chi connectivity index (χ1) is 11.2. The number of azo groups is 1. The highest BCUT2D eigenvalue weighted by Crippen LogP contribution is 2.37. The molecule has 2 N–H and O–H groups in total. The van der Waals surface area contributed by atoms with Gasteiger partial charge in [0.2, 0.25) is 0 Å². The van der Waals surface area contributed by atoms with Crippen LogP contribution in [0.1, 0.15) is 0 Å². The first kappa shape index (κ1) is 17.3. The highest BCUT2D eigenvalue weighted by Gasteiger charge is 2.27. The van der Waals surface area contributed by atoms with Gasteiger partial charge >= 0.3 is 10.1 Å². The van der Waals surface area contributed by atoms with Crippen LogP contribution in [0.4, 0.5) is 17.1 Å². The number of nitro benzene ring substituents is 1. The van der Waals surface area contributed by atoms with Crippen molar-refractivity contribution in [3.8, 4) is 11.5 Å². The highest BCUT2D eigenvalue weighted by atomic mass is 32.2. The molecular weight excluding hydrogens is 342 g/mol. The Labute approximate surface area is 135 Å². The molecule has 0 amide bonds. The lowest BCUT2D eigenvalue weighted by Gasteiger charge is -2.06. The lowest BCUT2D eigenvalue weighted by Crippen LogP contribution is -2.03. The fraction of sp³-hybridized carbons (Fsp3) is 0.0769. The first-order valence-corrected chi connectivity index (χ1v) is 7.71. The molecule has 0 spiro atoms. The third kappa shape index (κ3) is 3.83. The smallest absolute Gasteiger partial charge is 0.301 e. The van der Waals surface area contributed by atoms with E-state index in [1.54, 1.807) is 0 Å². The molecule has 0 atom stereocenters. The van der Waals surface area contributed by atoms with Gasteiger partial charge in [0, 0.05) is 0 Å². The molecule has 0 aromatic heterocycles. The molecule has 126 valence electrons. The number of phenolic OH excluding ortho intramolecular Hbond substituents is 1. The van der Waals surface area contributed by atoms with E-state index in [0.29, 0.717) is 5.69 Å². The average molecular weight is 353 g/mol. The van der Waals surface area contributed by atoms with E-state index in [1.807, 2.05) is 0 Å². The van der Waals surface area contributed by atoms with Crippen LogP contribution in [0.15, 0.2) is 51.5 Å². The van der Waals surface area contributed by atoms with Gasteiger partial charge in [-0.1, -0.05) is 0 Å². The van der Waals surface area contributed by atoms with E-state index in [1.165, 1.54) is 31.4 Å². The van der Waals surface area contributed by atoms with Gasteiger partial charge in [-0.2, -0.15) is 13.5 Å². The summed E-state index contributed by atoms with van der Waals surface area (Å²) >= 11 is 0. The van der Waals surface area contributed by atoms with Crippen LogP contribution < -0.4 is 4.74 Å². The van der Waals surface area contributed by atoms with Gasteiger partial charge in [0.05, 0.1) is 23.8 Å². The van der Waals surface area contributed by atoms with Gasteiger partial charge in [0.1, 0.15) is 11.4 Å². The molecule has 0 unspecified atom stereocenters. The van der Waals surface area contributed by atoms with Gasteiger partial charge in [-0.05, 0) is 30.3 Å². The summed E-state index contributed by atoms with van der Waals surface area (Å²) in [5.74, 6) is -0.0767. The van der Waals surface area contributed by atoms with Crippen molar-refractivity contribution in [3.05, 3.63) is 46.5 Å². The molecule has 2 rings (SSSR count). The number of hydrogen-bond acceptors (Lipinski definition) is 8. The van der Waals surface area contributed by atoms with E-state index in [4.69, 9.17) is 9.29 Å². The van der Waals surface area contributed by atoms with Gasteiger partial charge in [-0.3, -0.25) is 14.7 Å². The van der Waals surface area contributed by atoms with E-state index in [-0.39, 0.29) is 17.2 Å². The maximum atomic E-state index is 11.3. The minimum Gasteiger partial charge on any atom is -0.508 e. The zero-order valence-electron chi connectivity index (χ0n) is 12.1. The Bertz CT molecular complexity index is 908. The predicted molar refractivity (Wildman–Crippen MR) is 81.7 cm³/mol. The van der Waals surface area contributed by atoms with Crippen molar-refractivity contribution < 1.29 is 27.7 Å². The molecule has 2 aromatic carbocycles. The third-order valence-corrected chi connectivity index (χ3v) is 3.74. The maximum absolute atomic E-state index is 11.3. The lowest BCUT2D eigenvalue weighted by atomic mass is 10.2. The summed E-state index contributed by atoms with van der Waals surface area (Å²) in [4.78, 5) is 9.07. The summed E-state index contributed by atoms with van der Waals surface area (Å²) in [6.07, 6.45) is 0. The Balaban J connectivity index is 2.56. The van der Waals surface area contributed by atoms with Crippen molar-refractivity contribution in [2.75, 3.05) is 7.11 Å². The second-order valence-electron chi connectivity index (χ2n) is 4.44. The SMILES string of the molecule is COc1cc([N+](=O)[O-])c(S(=O)(=O)O)cc1N=Nc1ccc(O)cc1. The molecule has 0 heterocycles. The van der Waals surface area contributed by atoms with Crippen LogP contribution in [0, 0.1) is 10.1 Å². The minimum absolute atomic E-state index is 0.0236. The van der Waals surface area contributed by atoms with Crippen LogP contribution in [-0.2, 0) is 10.1 Å². The molecule has 0 aliphatic rings. The second kappa shape index (κ2) is 6.60. The second-order valence-corrected chi connectivity index (χ2v) is 5.83. The van der Waals surface area contributed by atoms with Crippen LogP contribution in [0.5, 0.6) is 11.5 Å². The van der Waals surface area contributed by atoms with E-state index in [0.717, 1.165) is 12.1 Å². The molecule has 0 saturated carbocycles. The largest absolute Gasteiger partial charge is 0.508 e. The molecule has 0 aliphatic carbocycles. The normalized spacial score (nSPS) is 11.6. The summed E-state index contributed by atoms with van der Waals surface area (Å²) in [5, 5.41) is 27.7. The van der Waals surface area contributed by atoms with Gasteiger partial charge < -0.3 is 9.84 Å².